The SMILES string of the molecule is Cc1ccc(-c2csc(NC(=O)Cn3cnnn3)n2)cc1C. The van der Waals surface area contributed by atoms with E-state index in [4.69, 9.17) is 0 Å². The molecule has 0 bridgehead atoms. The minimum Gasteiger partial charge on any atom is -0.300 e. The number of aromatic nitrogens is 5. The molecule has 22 heavy (non-hydrogen) atoms. The van der Waals surface area contributed by atoms with Crippen molar-refractivity contribution in [3.8, 4) is 11.3 Å². The fourth-order valence-corrected chi connectivity index (χ4v) is 2.66. The van der Waals surface area contributed by atoms with Crippen LogP contribution in [0.15, 0.2) is 29.9 Å². The zero-order chi connectivity index (χ0) is 15.5. The van der Waals surface area contributed by atoms with Crippen LogP contribution in [0, 0.1) is 13.8 Å². The third kappa shape index (κ3) is 3.17. The monoisotopic (exact) mass is 314 g/mol. The molecule has 112 valence electrons. The number of tetrazole rings is 1. The van der Waals surface area contributed by atoms with E-state index in [1.54, 1.807) is 0 Å². The van der Waals surface area contributed by atoms with Crippen molar-refractivity contribution in [1.82, 2.24) is 25.2 Å². The number of aryl methyl sites for hydroxylation is 2. The zero-order valence-corrected chi connectivity index (χ0v) is 13.0. The molecule has 0 saturated heterocycles. The second kappa shape index (κ2) is 6.02. The van der Waals surface area contributed by atoms with E-state index >= 15 is 0 Å². The quantitative estimate of drug-likeness (QED) is 0.796. The first-order valence-electron chi connectivity index (χ1n) is 6.65. The third-order valence-corrected chi connectivity index (χ3v) is 4.01. The molecule has 0 aliphatic heterocycles. The maximum absolute atomic E-state index is 11.9. The third-order valence-electron chi connectivity index (χ3n) is 3.25. The molecule has 0 aliphatic carbocycles. The van der Waals surface area contributed by atoms with Gasteiger partial charge < -0.3 is 5.32 Å². The highest BCUT2D eigenvalue weighted by Gasteiger charge is 2.09. The predicted molar refractivity (Wildman–Crippen MR) is 83.5 cm³/mol. The molecule has 0 fully saturated rings. The van der Waals surface area contributed by atoms with Crippen molar-refractivity contribution in [3.05, 3.63) is 41.0 Å². The van der Waals surface area contributed by atoms with E-state index in [0.29, 0.717) is 5.13 Å². The van der Waals surface area contributed by atoms with Gasteiger partial charge in [0.2, 0.25) is 5.91 Å². The molecule has 1 aromatic carbocycles. The van der Waals surface area contributed by atoms with Gasteiger partial charge >= 0.3 is 0 Å². The van der Waals surface area contributed by atoms with E-state index < -0.39 is 0 Å². The summed E-state index contributed by atoms with van der Waals surface area (Å²) in [7, 11) is 0. The first kappa shape index (κ1) is 14.3. The highest BCUT2D eigenvalue weighted by molar-refractivity contribution is 7.14. The highest BCUT2D eigenvalue weighted by atomic mass is 32.1. The standard InChI is InChI=1S/C14H14N6OS/c1-9-3-4-11(5-10(9)2)12-7-22-14(16-12)17-13(21)6-20-8-15-18-19-20/h3-5,7-8H,6H2,1-2H3,(H,16,17,21). The number of nitrogens with one attached hydrogen (secondary N) is 1. The maximum atomic E-state index is 11.9. The van der Waals surface area contributed by atoms with Gasteiger partial charge in [-0.1, -0.05) is 12.1 Å². The summed E-state index contributed by atoms with van der Waals surface area (Å²) in [6.45, 7) is 4.20. The Balaban J connectivity index is 1.70. The minimum atomic E-state index is -0.215. The molecule has 3 aromatic rings. The average molecular weight is 314 g/mol. The van der Waals surface area contributed by atoms with E-state index in [1.165, 1.54) is 33.5 Å². The molecule has 3 rings (SSSR count). The summed E-state index contributed by atoms with van der Waals surface area (Å²) in [6.07, 6.45) is 1.39. The lowest BCUT2D eigenvalue weighted by Gasteiger charge is -2.03. The number of benzene rings is 1. The molecule has 0 saturated carbocycles. The van der Waals surface area contributed by atoms with Gasteiger partial charge in [0.05, 0.1) is 5.69 Å². The second-order valence-corrected chi connectivity index (χ2v) is 5.75. The minimum absolute atomic E-state index is 0.0611. The van der Waals surface area contributed by atoms with Crippen molar-refractivity contribution in [1.29, 1.82) is 0 Å². The number of carbonyl (C=O) groups is 1. The Kier molecular flexibility index (Phi) is 3.92. The van der Waals surface area contributed by atoms with Gasteiger partial charge in [0.1, 0.15) is 12.9 Å². The lowest BCUT2D eigenvalue weighted by atomic mass is 10.1. The Bertz CT molecular complexity index is 796. The number of hydrogen-bond acceptors (Lipinski definition) is 6. The number of hydrogen-bond donors (Lipinski definition) is 1. The lowest BCUT2D eigenvalue weighted by Crippen LogP contribution is -2.19. The molecule has 0 unspecified atom stereocenters. The van der Waals surface area contributed by atoms with Gasteiger partial charge in [-0.3, -0.25) is 4.79 Å². The van der Waals surface area contributed by atoms with Crippen LogP contribution in [0.1, 0.15) is 11.1 Å². The Labute approximate surface area is 131 Å². The predicted octanol–water partition coefficient (Wildman–Crippen LogP) is 2.05. The first-order chi connectivity index (χ1) is 10.6. The van der Waals surface area contributed by atoms with E-state index in [1.807, 2.05) is 11.4 Å². The Morgan fingerprint density at radius 2 is 2.18 bits per heavy atom. The molecule has 0 radical (unpaired) electrons. The summed E-state index contributed by atoms with van der Waals surface area (Å²) in [5, 5.41) is 15.8. The number of amides is 1. The lowest BCUT2D eigenvalue weighted by molar-refractivity contribution is -0.116. The summed E-state index contributed by atoms with van der Waals surface area (Å²) >= 11 is 1.39. The Morgan fingerprint density at radius 3 is 2.91 bits per heavy atom. The molecule has 0 aliphatic rings. The van der Waals surface area contributed by atoms with Gasteiger partial charge in [-0.25, -0.2) is 9.67 Å². The molecule has 1 N–H and O–H groups in total. The summed E-state index contributed by atoms with van der Waals surface area (Å²) < 4.78 is 1.35. The Hall–Kier alpha value is -2.61. The van der Waals surface area contributed by atoms with Crippen LogP contribution in [0.25, 0.3) is 11.3 Å². The molecule has 0 atom stereocenters. The first-order valence-corrected chi connectivity index (χ1v) is 7.53. The smallest absolute Gasteiger partial charge is 0.248 e. The molecule has 0 spiro atoms. The fourth-order valence-electron chi connectivity index (χ4n) is 1.92. The van der Waals surface area contributed by atoms with Crippen LogP contribution in [0.2, 0.25) is 0 Å². The number of carbonyl (C=O) groups excluding carboxylic acids is 1. The molecule has 7 nitrogen and oxygen atoms in total. The van der Waals surface area contributed by atoms with Crippen molar-refractivity contribution in [2.75, 3.05) is 5.32 Å². The largest absolute Gasteiger partial charge is 0.300 e. The summed E-state index contributed by atoms with van der Waals surface area (Å²) in [6, 6.07) is 6.20. The zero-order valence-electron chi connectivity index (χ0n) is 12.1. The van der Waals surface area contributed by atoms with Crippen LogP contribution in [0.5, 0.6) is 0 Å². The van der Waals surface area contributed by atoms with Crippen LogP contribution in [-0.2, 0) is 11.3 Å². The topological polar surface area (TPSA) is 85.6 Å². The van der Waals surface area contributed by atoms with Crippen LogP contribution in [0.4, 0.5) is 5.13 Å². The summed E-state index contributed by atoms with van der Waals surface area (Å²) in [4.78, 5) is 16.3. The van der Waals surface area contributed by atoms with E-state index in [2.05, 4.69) is 51.8 Å². The van der Waals surface area contributed by atoms with Crippen LogP contribution in [0.3, 0.4) is 0 Å². The summed E-state index contributed by atoms with van der Waals surface area (Å²) in [5.74, 6) is -0.215. The Morgan fingerprint density at radius 1 is 1.32 bits per heavy atom. The van der Waals surface area contributed by atoms with Gasteiger partial charge in [-0.05, 0) is 41.5 Å². The molecular formula is C14H14N6OS. The van der Waals surface area contributed by atoms with Crippen LogP contribution in [-0.4, -0.2) is 31.1 Å². The second-order valence-electron chi connectivity index (χ2n) is 4.89. The summed E-state index contributed by atoms with van der Waals surface area (Å²) in [5.41, 5.74) is 4.36. The number of anilines is 1. The normalized spacial score (nSPS) is 10.6. The molecule has 2 heterocycles. The van der Waals surface area contributed by atoms with Crippen LogP contribution < -0.4 is 5.32 Å². The van der Waals surface area contributed by atoms with Crippen molar-refractivity contribution in [2.24, 2.45) is 0 Å². The molecular weight excluding hydrogens is 300 g/mol. The fraction of sp³-hybridized carbons (Fsp3) is 0.214. The van der Waals surface area contributed by atoms with Gasteiger partial charge in [-0.2, -0.15) is 0 Å². The molecule has 8 heteroatoms. The maximum Gasteiger partial charge on any atom is 0.248 e. The van der Waals surface area contributed by atoms with Crippen molar-refractivity contribution in [3.63, 3.8) is 0 Å². The van der Waals surface area contributed by atoms with Crippen molar-refractivity contribution >= 4 is 22.4 Å². The highest BCUT2D eigenvalue weighted by Crippen LogP contribution is 2.26. The van der Waals surface area contributed by atoms with Gasteiger partial charge in [-0.15, -0.1) is 16.4 Å². The van der Waals surface area contributed by atoms with Crippen molar-refractivity contribution in [2.45, 2.75) is 20.4 Å². The van der Waals surface area contributed by atoms with Gasteiger partial charge in [0.15, 0.2) is 5.13 Å². The van der Waals surface area contributed by atoms with E-state index in [0.717, 1.165) is 11.3 Å². The van der Waals surface area contributed by atoms with E-state index in [9.17, 15) is 4.79 Å². The van der Waals surface area contributed by atoms with Gasteiger partial charge in [0.25, 0.3) is 0 Å². The van der Waals surface area contributed by atoms with Crippen molar-refractivity contribution < 1.29 is 4.79 Å². The molecule has 2 aromatic heterocycles. The van der Waals surface area contributed by atoms with E-state index in [-0.39, 0.29) is 12.5 Å². The number of nitrogens with zero attached hydrogens (tertiary/aromatic N) is 5. The average Bonchev–Trinajstić information content (AvgIpc) is 3.13. The van der Waals surface area contributed by atoms with Gasteiger partial charge in [0, 0.05) is 10.9 Å². The number of rotatable bonds is 4. The van der Waals surface area contributed by atoms with Crippen LogP contribution >= 0.6 is 11.3 Å². The number of thiazole rings is 1. The molecule has 1 amide bonds.